The van der Waals surface area contributed by atoms with Crippen molar-refractivity contribution in [3.05, 3.63) is 48.5 Å². The van der Waals surface area contributed by atoms with Gasteiger partial charge in [0.2, 0.25) is 0 Å². The third-order valence-electron chi connectivity index (χ3n) is 4.09. The van der Waals surface area contributed by atoms with Crippen molar-refractivity contribution in [2.45, 2.75) is 17.4 Å². The molecule has 0 fully saturated rings. The SMILES string of the molecule is CCC(SC)(SC)C(=O)NNc1cc(-c2ccccc2)ccc1OC. The van der Waals surface area contributed by atoms with E-state index in [4.69, 9.17) is 4.74 Å². The second kappa shape index (κ2) is 9.06. The highest BCUT2D eigenvalue weighted by Crippen LogP contribution is 2.37. The molecule has 0 bridgehead atoms. The highest BCUT2D eigenvalue weighted by atomic mass is 32.2. The normalized spacial score (nSPS) is 11.0. The highest BCUT2D eigenvalue weighted by molar-refractivity contribution is 8.18. The summed E-state index contributed by atoms with van der Waals surface area (Å²) in [4.78, 5) is 12.6. The van der Waals surface area contributed by atoms with Gasteiger partial charge in [-0.25, -0.2) is 0 Å². The van der Waals surface area contributed by atoms with E-state index in [9.17, 15) is 4.79 Å². The Morgan fingerprint density at radius 3 is 2.32 bits per heavy atom. The van der Waals surface area contributed by atoms with Crippen molar-refractivity contribution in [1.82, 2.24) is 5.43 Å². The summed E-state index contributed by atoms with van der Waals surface area (Å²) in [6.07, 6.45) is 4.65. The molecule has 0 radical (unpaired) electrons. The van der Waals surface area contributed by atoms with Crippen molar-refractivity contribution < 1.29 is 9.53 Å². The number of thioether (sulfide) groups is 2. The first-order valence-electron chi connectivity index (χ1n) is 8.00. The summed E-state index contributed by atoms with van der Waals surface area (Å²) in [6.45, 7) is 2.02. The minimum absolute atomic E-state index is 0.0535. The van der Waals surface area contributed by atoms with E-state index in [1.54, 1.807) is 30.6 Å². The molecule has 6 heteroatoms. The van der Waals surface area contributed by atoms with E-state index in [1.165, 1.54) is 0 Å². The number of carbonyl (C=O) groups excluding carboxylic acids is 1. The van der Waals surface area contributed by atoms with E-state index in [1.807, 2.05) is 68.0 Å². The standard InChI is InChI=1S/C19H24N2O2S2/c1-5-19(24-3,25-4)18(22)21-20-16-13-15(11-12-17(16)23-2)14-9-7-6-8-10-14/h6-13,20H,5H2,1-4H3,(H,21,22). The minimum Gasteiger partial charge on any atom is -0.495 e. The van der Waals surface area contributed by atoms with Gasteiger partial charge in [0.05, 0.1) is 12.8 Å². The van der Waals surface area contributed by atoms with E-state index in [2.05, 4.69) is 10.9 Å². The average molecular weight is 377 g/mol. The Kier molecular flexibility index (Phi) is 7.08. The molecule has 0 atom stereocenters. The van der Waals surface area contributed by atoms with Crippen molar-refractivity contribution >= 4 is 35.1 Å². The molecule has 0 spiro atoms. The maximum Gasteiger partial charge on any atom is 0.264 e. The fourth-order valence-electron chi connectivity index (χ4n) is 2.55. The van der Waals surface area contributed by atoms with Gasteiger partial charge in [-0.2, -0.15) is 0 Å². The Morgan fingerprint density at radius 2 is 1.76 bits per heavy atom. The molecule has 0 aliphatic rings. The predicted octanol–water partition coefficient (Wildman–Crippen LogP) is 4.64. The largest absolute Gasteiger partial charge is 0.495 e. The van der Waals surface area contributed by atoms with Crippen LogP contribution in [0.15, 0.2) is 48.5 Å². The molecule has 1 amide bonds. The molecule has 4 nitrogen and oxygen atoms in total. The summed E-state index contributed by atoms with van der Waals surface area (Å²) in [5.74, 6) is 0.623. The number of carbonyl (C=O) groups is 1. The molecule has 0 aliphatic carbocycles. The minimum atomic E-state index is -0.503. The van der Waals surface area contributed by atoms with Gasteiger partial charge in [-0.3, -0.25) is 15.6 Å². The number of hydrogen-bond donors (Lipinski definition) is 2. The van der Waals surface area contributed by atoms with Gasteiger partial charge < -0.3 is 4.74 Å². The monoisotopic (exact) mass is 376 g/mol. The molecule has 2 aromatic rings. The molecule has 25 heavy (non-hydrogen) atoms. The smallest absolute Gasteiger partial charge is 0.264 e. The molecule has 2 aromatic carbocycles. The first-order chi connectivity index (χ1) is 12.1. The number of methoxy groups -OCH3 is 1. The summed E-state index contributed by atoms with van der Waals surface area (Å²) in [6, 6.07) is 16.0. The van der Waals surface area contributed by atoms with Crippen LogP contribution >= 0.6 is 23.5 Å². The van der Waals surface area contributed by atoms with Crippen molar-refractivity contribution in [2.75, 3.05) is 25.0 Å². The van der Waals surface area contributed by atoms with E-state index in [0.29, 0.717) is 5.75 Å². The summed E-state index contributed by atoms with van der Waals surface area (Å²) in [5.41, 5.74) is 8.75. The second-order valence-electron chi connectivity index (χ2n) is 5.37. The van der Waals surface area contributed by atoms with Gasteiger partial charge in [0.1, 0.15) is 9.83 Å². The van der Waals surface area contributed by atoms with E-state index >= 15 is 0 Å². The Bertz CT molecular complexity index is 696. The number of hydrogen-bond acceptors (Lipinski definition) is 5. The molecule has 0 aromatic heterocycles. The maximum absolute atomic E-state index is 12.6. The van der Waals surface area contributed by atoms with E-state index in [0.717, 1.165) is 23.2 Å². The van der Waals surface area contributed by atoms with Crippen molar-refractivity contribution in [1.29, 1.82) is 0 Å². The summed E-state index contributed by atoms with van der Waals surface area (Å²) in [5, 5.41) is 0. The van der Waals surface area contributed by atoms with Crippen LogP contribution in [-0.2, 0) is 4.79 Å². The van der Waals surface area contributed by atoms with Gasteiger partial charge in [-0.15, -0.1) is 23.5 Å². The van der Waals surface area contributed by atoms with Crippen LogP contribution in [0.25, 0.3) is 11.1 Å². The lowest BCUT2D eigenvalue weighted by Gasteiger charge is -2.27. The van der Waals surface area contributed by atoms with Crippen LogP contribution in [0.5, 0.6) is 5.75 Å². The first-order valence-corrected chi connectivity index (χ1v) is 10.5. The Hall–Kier alpha value is -1.79. The van der Waals surface area contributed by atoms with Crippen molar-refractivity contribution in [2.24, 2.45) is 0 Å². The van der Waals surface area contributed by atoms with Crippen LogP contribution in [0.1, 0.15) is 13.3 Å². The topological polar surface area (TPSA) is 50.4 Å². The van der Waals surface area contributed by atoms with Gasteiger partial charge in [0.15, 0.2) is 0 Å². The molecule has 0 saturated carbocycles. The Morgan fingerprint density at radius 1 is 1.08 bits per heavy atom. The van der Waals surface area contributed by atoms with Gasteiger partial charge in [-0.1, -0.05) is 43.3 Å². The van der Waals surface area contributed by atoms with E-state index < -0.39 is 4.08 Å². The Balaban J connectivity index is 2.22. The number of nitrogens with one attached hydrogen (secondary N) is 2. The number of anilines is 1. The predicted molar refractivity (Wildman–Crippen MR) is 110 cm³/mol. The molecule has 0 unspecified atom stereocenters. The molecule has 0 heterocycles. The summed E-state index contributed by atoms with van der Waals surface area (Å²) in [7, 11) is 1.62. The lowest BCUT2D eigenvalue weighted by Crippen LogP contribution is -2.43. The van der Waals surface area contributed by atoms with Crippen LogP contribution in [0.3, 0.4) is 0 Å². The average Bonchev–Trinajstić information content (AvgIpc) is 2.68. The van der Waals surface area contributed by atoms with Crippen molar-refractivity contribution in [3.63, 3.8) is 0 Å². The second-order valence-corrected chi connectivity index (χ2v) is 7.84. The van der Waals surface area contributed by atoms with Crippen LogP contribution in [0.2, 0.25) is 0 Å². The molecular weight excluding hydrogens is 352 g/mol. The first kappa shape index (κ1) is 19.5. The van der Waals surface area contributed by atoms with Gasteiger partial charge >= 0.3 is 0 Å². The van der Waals surface area contributed by atoms with Crippen LogP contribution in [0.4, 0.5) is 5.69 Å². The summed E-state index contributed by atoms with van der Waals surface area (Å²) < 4.78 is 4.91. The van der Waals surface area contributed by atoms with Crippen LogP contribution < -0.4 is 15.6 Å². The van der Waals surface area contributed by atoms with Crippen LogP contribution in [-0.4, -0.2) is 29.6 Å². The Labute approximate surface area is 158 Å². The molecule has 0 aliphatic heterocycles. The number of amides is 1. The third kappa shape index (κ3) is 4.44. The zero-order valence-electron chi connectivity index (χ0n) is 15.0. The van der Waals surface area contributed by atoms with E-state index in [-0.39, 0.29) is 5.91 Å². The summed E-state index contributed by atoms with van der Waals surface area (Å²) >= 11 is 3.10. The van der Waals surface area contributed by atoms with Gasteiger partial charge in [-0.05, 0) is 42.2 Å². The van der Waals surface area contributed by atoms with Crippen LogP contribution in [0, 0.1) is 0 Å². The zero-order chi connectivity index (χ0) is 18.3. The number of rotatable bonds is 8. The number of benzene rings is 2. The molecule has 134 valence electrons. The molecule has 2 N–H and O–H groups in total. The fourth-order valence-corrected chi connectivity index (χ4v) is 4.27. The van der Waals surface area contributed by atoms with Crippen molar-refractivity contribution in [3.8, 4) is 16.9 Å². The fraction of sp³-hybridized carbons (Fsp3) is 0.316. The third-order valence-corrected chi connectivity index (χ3v) is 7.36. The lowest BCUT2D eigenvalue weighted by molar-refractivity contribution is -0.120. The quantitative estimate of drug-likeness (QED) is 0.519. The molecule has 0 saturated heterocycles. The number of ether oxygens (including phenoxy) is 1. The maximum atomic E-state index is 12.6. The van der Waals surface area contributed by atoms with Gasteiger partial charge in [0.25, 0.3) is 5.91 Å². The van der Waals surface area contributed by atoms with Gasteiger partial charge in [0, 0.05) is 0 Å². The molecular formula is C19H24N2O2S2. The zero-order valence-corrected chi connectivity index (χ0v) is 16.6. The number of hydrazine groups is 1. The molecule has 2 rings (SSSR count). The highest BCUT2D eigenvalue weighted by Gasteiger charge is 2.35. The lowest BCUT2D eigenvalue weighted by atomic mass is 10.0.